The smallest absolute Gasteiger partial charge is 0.426 e. The number of nitrogens with zero attached hydrogens (tertiary/aromatic N) is 2. The van der Waals surface area contributed by atoms with E-state index in [1.165, 1.54) is 19.2 Å². The summed E-state index contributed by atoms with van der Waals surface area (Å²) in [7, 11) is 1.49. The van der Waals surface area contributed by atoms with Gasteiger partial charge >= 0.3 is 5.69 Å². The summed E-state index contributed by atoms with van der Waals surface area (Å²) >= 11 is 0. The molecule has 0 aliphatic heterocycles. The van der Waals surface area contributed by atoms with E-state index in [0.717, 1.165) is 0 Å². The topological polar surface area (TPSA) is 57.6 Å². The maximum atomic E-state index is 9.09. The predicted octanol–water partition coefficient (Wildman–Crippen LogP) is 1.89. The van der Waals surface area contributed by atoms with Crippen LogP contribution in [0, 0.1) is 5.39 Å². The molecule has 0 atom stereocenters. The van der Waals surface area contributed by atoms with Crippen molar-refractivity contribution in [2.45, 2.75) is 0 Å². The van der Waals surface area contributed by atoms with E-state index in [0.29, 0.717) is 5.75 Å². The van der Waals surface area contributed by atoms with Crippen LogP contribution in [0.3, 0.4) is 0 Å². The zero-order valence-corrected chi connectivity index (χ0v) is 5.98. The Hall–Kier alpha value is -1.76. The van der Waals surface area contributed by atoms with Crippen molar-refractivity contribution < 1.29 is 9.84 Å². The lowest BCUT2D eigenvalue weighted by Gasteiger charge is -1.95. The zero-order valence-electron chi connectivity index (χ0n) is 5.98. The first-order valence-corrected chi connectivity index (χ1v) is 3.00. The van der Waals surface area contributed by atoms with E-state index in [2.05, 4.69) is 4.98 Å². The summed E-state index contributed by atoms with van der Waals surface area (Å²) in [4.78, 5) is 2.84. The fourth-order valence-electron chi connectivity index (χ4n) is 0.715. The number of rotatable bonds is 1. The van der Waals surface area contributed by atoms with E-state index in [9.17, 15) is 0 Å². The van der Waals surface area contributed by atoms with Crippen molar-refractivity contribution >= 4 is 5.69 Å². The number of diazo groups is 1. The molecule has 0 aliphatic rings. The van der Waals surface area contributed by atoms with Crippen LogP contribution in [-0.4, -0.2) is 12.2 Å². The highest BCUT2D eigenvalue weighted by molar-refractivity contribution is 5.58. The van der Waals surface area contributed by atoms with Crippen LogP contribution in [0.25, 0.3) is 4.98 Å². The number of benzene rings is 1. The number of hydrogen-bond acceptors (Lipinski definition) is 3. The lowest BCUT2D eigenvalue weighted by atomic mass is 10.3. The molecule has 0 saturated heterocycles. The molecular weight excluding hydrogens is 144 g/mol. The van der Waals surface area contributed by atoms with Crippen molar-refractivity contribution in [3.63, 3.8) is 0 Å². The molecule has 0 saturated carbocycles. The SMILES string of the molecule is COc1ccc([N+]#N)c(O)c1. The molecule has 4 heteroatoms. The molecule has 1 aromatic carbocycles. The normalized spacial score (nSPS) is 8.73. The lowest BCUT2D eigenvalue weighted by molar-refractivity contribution is 0.408. The third kappa shape index (κ3) is 1.38. The summed E-state index contributed by atoms with van der Waals surface area (Å²) in [5, 5.41) is 17.4. The van der Waals surface area contributed by atoms with E-state index in [1.807, 2.05) is 0 Å². The minimum Gasteiger partial charge on any atom is -0.501 e. The molecule has 0 radical (unpaired) electrons. The number of aromatic hydroxyl groups is 1. The number of phenols is 1. The number of ether oxygens (including phenoxy) is 1. The second-order valence-electron chi connectivity index (χ2n) is 1.95. The molecule has 1 N–H and O–H groups in total. The molecule has 0 fully saturated rings. The Morgan fingerprint density at radius 2 is 2.27 bits per heavy atom. The number of phenolic OH excluding ortho intramolecular Hbond substituents is 1. The van der Waals surface area contributed by atoms with E-state index in [-0.39, 0.29) is 11.4 Å². The van der Waals surface area contributed by atoms with Crippen LogP contribution in [0.15, 0.2) is 18.2 Å². The van der Waals surface area contributed by atoms with E-state index in [4.69, 9.17) is 15.2 Å². The largest absolute Gasteiger partial charge is 0.501 e. The Bertz CT molecular complexity index is 304. The maximum absolute atomic E-state index is 9.09. The monoisotopic (exact) mass is 151 g/mol. The molecule has 1 aromatic rings. The van der Waals surface area contributed by atoms with Gasteiger partial charge in [-0.15, -0.1) is 0 Å². The summed E-state index contributed by atoms with van der Waals surface area (Å²) in [6, 6.07) is 4.41. The van der Waals surface area contributed by atoms with Crippen LogP contribution in [0.4, 0.5) is 5.69 Å². The van der Waals surface area contributed by atoms with Gasteiger partial charge in [-0.25, -0.2) is 0 Å². The Balaban J connectivity index is 3.12. The molecule has 56 valence electrons. The molecule has 11 heavy (non-hydrogen) atoms. The van der Waals surface area contributed by atoms with Crippen LogP contribution >= 0.6 is 0 Å². The quantitative estimate of drug-likeness (QED) is 0.623. The van der Waals surface area contributed by atoms with Crippen LogP contribution in [0.2, 0.25) is 0 Å². The molecule has 0 bridgehead atoms. The van der Waals surface area contributed by atoms with Crippen molar-refractivity contribution in [1.82, 2.24) is 0 Å². The van der Waals surface area contributed by atoms with Crippen molar-refractivity contribution in [3.05, 3.63) is 23.2 Å². The van der Waals surface area contributed by atoms with Gasteiger partial charge in [0.25, 0.3) is 0 Å². The lowest BCUT2D eigenvalue weighted by Crippen LogP contribution is -1.80. The molecule has 0 amide bonds. The second-order valence-corrected chi connectivity index (χ2v) is 1.95. The number of hydrogen-bond donors (Lipinski definition) is 1. The van der Waals surface area contributed by atoms with Gasteiger partial charge in [0.05, 0.1) is 7.11 Å². The third-order valence-corrected chi connectivity index (χ3v) is 1.29. The minimum atomic E-state index is -0.105. The van der Waals surface area contributed by atoms with Crippen molar-refractivity contribution in [3.8, 4) is 11.5 Å². The Kier molecular flexibility index (Phi) is 1.93. The summed E-state index contributed by atoms with van der Waals surface area (Å²) in [6.07, 6.45) is 0. The van der Waals surface area contributed by atoms with E-state index < -0.39 is 0 Å². The zero-order chi connectivity index (χ0) is 8.27. The Morgan fingerprint density at radius 1 is 1.55 bits per heavy atom. The van der Waals surface area contributed by atoms with Gasteiger partial charge in [-0.3, -0.25) is 0 Å². The fourth-order valence-corrected chi connectivity index (χ4v) is 0.715. The first-order chi connectivity index (χ1) is 5.27. The highest BCUT2D eigenvalue weighted by Gasteiger charge is 2.12. The molecule has 1 rings (SSSR count). The highest BCUT2D eigenvalue weighted by Crippen LogP contribution is 2.29. The molecule has 0 spiro atoms. The second kappa shape index (κ2) is 2.88. The van der Waals surface area contributed by atoms with Crippen LogP contribution in [0.5, 0.6) is 11.5 Å². The summed E-state index contributed by atoms with van der Waals surface area (Å²) in [5.74, 6) is 0.418. The standard InChI is InChI=1S/C7H6N2O2/c1-11-5-2-3-6(9-8)7(10)4-5/h2-4H,1H3/p+1. The molecule has 0 unspecified atom stereocenters. The Labute approximate surface area is 63.7 Å². The van der Waals surface area contributed by atoms with Gasteiger partial charge < -0.3 is 9.84 Å². The van der Waals surface area contributed by atoms with Gasteiger partial charge in [0.2, 0.25) is 11.1 Å². The van der Waals surface area contributed by atoms with Gasteiger partial charge in [-0.1, -0.05) is 0 Å². The average Bonchev–Trinajstić information content (AvgIpc) is 2.04. The van der Waals surface area contributed by atoms with Gasteiger partial charge in [-0.05, 0) is 6.07 Å². The Morgan fingerprint density at radius 3 is 2.73 bits per heavy atom. The van der Waals surface area contributed by atoms with Gasteiger partial charge in [0.15, 0.2) is 4.98 Å². The van der Waals surface area contributed by atoms with Crippen LogP contribution in [0.1, 0.15) is 0 Å². The van der Waals surface area contributed by atoms with E-state index >= 15 is 0 Å². The fraction of sp³-hybridized carbons (Fsp3) is 0.143. The highest BCUT2D eigenvalue weighted by atomic mass is 16.5. The molecular formula is C7H7N2O2+. The first-order valence-electron chi connectivity index (χ1n) is 3.00. The average molecular weight is 151 g/mol. The van der Waals surface area contributed by atoms with Crippen molar-refractivity contribution in [2.75, 3.05) is 7.11 Å². The van der Waals surface area contributed by atoms with E-state index in [1.54, 1.807) is 6.07 Å². The predicted molar refractivity (Wildman–Crippen MR) is 39.4 cm³/mol. The van der Waals surface area contributed by atoms with Crippen molar-refractivity contribution in [2.24, 2.45) is 0 Å². The number of methoxy groups -OCH3 is 1. The third-order valence-electron chi connectivity index (χ3n) is 1.29. The van der Waals surface area contributed by atoms with Crippen molar-refractivity contribution in [1.29, 1.82) is 5.39 Å². The van der Waals surface area contributed by atoms with Gasteiger partial charge in [-0.2, -0.15) is 0 Å². The molecule has 4 nitrogen and oxygen atoms in total. The summed E-state index contributed by atoms with van der Waals surface area (Å²) in [5.41, 5.74) is 0.130. The molecule has 0 aromatic heterocycles. The van der Waals surface area contributed by atoms with Gasteiger partial charge in [0.1, 0.15) is 5.75 Å². The minimum absolute atomic E-state index is 0.105. The maximum Gasteiger partial charge on any atom is 0.426 e. The van der Waals surface area contributed by atoms with Crippen LogP contribution < -0.4 is 4.74 Å². The summed E-state index contributed by atoms with van der Waals surface area (Å²) < 4.78 is 4.81. The molecule has 0 aliphatic carbocycles. The summed E-state index contributed by atoms with van der Waals surface area (Å²) in [6.45, 7) is 0. The molecule has 0 heterocycles. The first kappa shape index (κ1) is 7.35. The van der Waals surface area contributed by atoms with Crippen LogP contribution in [-0.2, 0) is 0 Å². The van der Waals surface area contributed by atoms with Gasteiger partial charge in [0, 0.05) is 12.1 Å².